The van der Waals surface area contributed by atoms with E-state index in [1.807, 2.05) is 6.92 Å². The molecule has 0 unspecified atom stereocenters. The third-order valence-electron chi connectivity index (χ3n) is 2.99. The predicted octanol–water partition coefficient (Wildman–Crippen LogP) is 2.18. The number of carbonyl (C=O) groups excluding carboxylic acids is 1. The highest BCUT2D eigenvalue weighted by molar-refractivity contribution is 5.78. The van der Waals surface area contributed by atoms with E-state index in [1.54, 1.807) is 31.2 Å². The maximum Gasteiger partial charge on any atom is 0.305 e. The molecule has 0 aliphatic rings. The lowest BCUT2D eigenvalue weighted by atomic mass is 10.3. The van der Waals surface area contributed by atoms with Crippen molar-refractivity contribution in [3.63, 3.8) is 0 Å². The predicted molar refractivity (Wildman–Crippen MR) is 82.2 cm³/mol. The summed E-state index contributed by atoms with van der Waals surface area (Å²) < 4.78 is 10.9. The van der Waals surface area contributed by atoms with Gasteiger partial charge in [-0.05, 0) is 37.6 Å². The molecule has 0 heterocycles. The Morgan fingerprint density at radius 3 is 2.18 bits per heavy atom. The number of nitrogens with zero attached hydrogens (tertiary/aromatic N) is 1. The summed E-state index contributed by atoms with van der Waals surface area (Å²) in [6, 6.07) is 7.06. The second kappa shape index (κ2) is 9.65. The second-order valence-corrected chi connectivity index (χ2v) is 4.73. The van der Waals surface area contributed by atoms with Crippen molar-refractivity contribution >= 4 is 11.9 Å². The number of carboxylic acids is 1. The number of likely N-dealkylation sites (N-methyl/N-ethyl adjacent to an activating group) is 1. The van der Waals surface area contributed by atoms with Crippen LogP contribution >= 0.6 is 0 Å². The molecule has 0 atom stereocenters. The maximum absolute atomic E-state index is 12.0. The van der Waals surface area contributed by atoms with Crippen LogP contribution in [0.25, 0.3) is 0 Å². The van der Waals surface area contributed by atoms with E-state index in [1.165, 1.54) is 4.90 Å². The quantitative estimate of drug-likeness (QED) is 0.717. The van der Waals surface area contributed by atoms with Crippen molar-refractivity contribution in [1.29, 1.82) is 0 Å². The number of hydrogen-bond donors (Lipinski definition) is 1. The highest BCUT2D eigenvalue weighted by Gasteiger charge is 2.13. The molecular weight excluding hydrogens is 286 g/mol. The number of rotatable bonds is 10. The first kappa shape index (κ1) is 17.8. The molecule has 0 saturated carbocycles. The average Bonchev–Trinajstić information content (AvgIpc) is 2.52. The normalized spacial score (nSPS) is 10.1. The van der Waals surface area contributed by atoms with Gasteiger partial charge in [-0.25, -0.2) is 0 Å². The molecule has 0 aromatic heterocycles. The van der Waals surface area contributed by atoms with Crippen LogP contribution in [0.15, 0.2) is 24.3 Å². The van der Waals surface area contributed by atoms with Gasteiger partial charge in [-0.3, -0.25) is 9.59 Å². The highest BCUT2D eigenvalue weighted by Crippen LogP contribution is 2.17. The molecule has 6 nitrogen and oxygen atoms in total. The number of hydrogen-bond acceptors (Lipinski definition) is 4. The molecule has 6 heteroatoms. The first-order valence-electron chi connectivity index (χ1n) is 7.42. The molecule has 1 N–H and O–H groups in total. The van der Waals surface area contributed by atoms with Crippen LogP contribution in [0.1, 0.15) is 26.7 Å². The van der Waals surface area contributed by atoms with Crippen molar-refractivity contribution in [2.45, 2.75) is 26.7 Å². The van der Waals surface area contributed by atoms with Gasteiger partial charge < -0.3 is 19.5 Å². The Bertz CT molecular complexity index is 472. The van der Waals surface area contributed by atoms with Crippen LogP contribution in [0.2, 0.25) is 0 Å². The van der Waals surface area contributed by atoms with Gasteiger partial charge in [0.15, 0.2) is 6.61 Å². The number of ether oxygens (including phenoxy) is 2. The molecule has 0 saturated heterocycles. The topological polar surface area (TPSA) is 76.1 Å². The minimum Gasteiger partial charge on any atom is -0.494 e. The van der Waals surface area contributed by atoms with E-state index in [9.17, 15) is 9.59 Å². The van der Waals surface area contributed by atoms with Gasteiger partial charge in [-0.2, -0.15) is 0 Å². The first-order valence-corrected chi connectivity index (χ1v) is 7.42. The van der Waals surface area contributed by atoms with E-state index >= 15 is 0 Å². The van der Waals surface area contributed by atoms with E-state index in [-0.39, 0.29) is 25.5 Å². The Morgan fingerprint density at radius 2 is 1.68 bits per heavy atom. The molecule has 122 valence electrons. The third kappa shape index (κ3) is 6.47. The molecule has 0 aliphatic heterocycles. The molecule has 0 bridgehead atoms. The van der Waals surface area contributed by atoms with Crippen LogP contribution in [0.4, 0.5) is 0 Å². The number of carbonyl (C=O) groups is 2. The fourth-order valence-electron chi connectivity index (χ4n) is 1.78. The molecule has 1 aromatic rings. The van der Waals surface area contributed by atoms with E-state index < -0.39 is 5.97 Å². The fourth-order valence-corrected chi connectivity index (χ4v) is 1.78. The molecule has 0 fully saturated rings. The van der Waals surface area contributed by atoms with Gasteiger partial charge in [0.05, 0.1) is 13.0 Å². The van der Waals surface area contributed by atoms with Crippen molar-refractivity contribution < 1.29 is 24.2 Å². The van der Waals surface area contributed by atoms with E-state index in [0.29, 0.717) is 18.9 Å². The summed E-state index contributed by atoms with van der Waals surface area (Å²) >= 11 is 0. The molecular formula is C16H23NO5. The Kier molecular flexibility index (Phi) is 7.81. The minimum atomic E-state index is -0.921. The zero-order valence-electron chi connectivity index (χ0n) is 13.1. The Hall–Kier alpha value is -2.24. The summed E-state index contributed by atoms with van der Waals surface area (Å²) in [5.74, 6) is 0.188. The summed E-state index contributed by atoms with van der Waals surface area (Å²) in [6.07, 6.45) is 0.874. The van der Waals surface area contributed by atoms with Gasteiger partial charge in [-0.15, -0.1) is 0 Å². The van der Waals surface area contributed by atoms with Crippen LogP contribution in [0.3, 0.4) is 0 Å². The summed E-state index contributed by atoms with van der Waals surface area (Å²) in [6.45, 7) is 5.04. The van der Waals surface area contributed by atoms with Crippen molar-refractivity contribution in [1.82, 2.24) is 4.90 Å². The first-order chi connectivity index (χ1) is 10.6. The summed E-state index contributed by atoms with van der Waals surface area (Å²) in [7, 11) is 0. The molecule has 1 amide bonds. The third-order valence-corrected chi connectivity index (χ3v) is 2.99. The van der Waals surface area contributed by atoms with Crippen molar-refractivity contribution in [3.8, 4) is 11.5 Å². The zero-order valence-corrected chi connectivity index (χ0v) is 13.1. The monoisotopic (exact) mass is 309 g/mol. The van der Waals surface area contributed by atoms with Crippen LogP contribution in [-0.4, -0.2) is 48.2 Å². The summed E-state index contributed by atoms with van der Waals surface area (Å²) in [5.41, 5.74) is 0. The molecule has 1 aromatic carbocycles. The Labute approximate surface area is 130 Å². The largest absolute Gasteiger partial charge is 0.494 e. The van der Waals surface area contributed by atoms with E-state index in [2.05, 4.69) is 0 Å². The van der Waals surface area contributed by atoms with E-state index in [0.717, 1.165) is 12.2 Å². The van der Waals surface area contributed by atoms with Crippen molar-refractivity contribution in [3.05, 3.63) is 24.3 Å². The van der Waals surface area contributed by atoms with Crippen molar-refractivity contribution in [2.24, 2.45) is 0 Å². The standard InChI is InChI=1S/C16H23NO5/c1-3-11-21-13-5-7-14(8-6-13)22-12-15(18)17(4-2)10-9-16(19)20/h5-8H,3-4,9-12H2,1-2H3,(H,19,20). The lowest BCUT2D eigenvalue weighted by Crippen LogP contribution is -2.36. The highest BCUT2D eigenvalue weighted by atomic mass is 16.5. The summed E-state index contributed by atoms with van der Waals surface area (Å²) in [5, 5.41) is 8.65. The molecule has 0 radical (unpaired) electrons. The number of amides is 1. The van der Waals surface area contributed by atoms with Crippen LogP contribution < -0.4 is 9.47 Å². The number of carboxylic acid groups (broad SMARTS) is 1. The van der Waals surface area contributed by atoms with Crippen LogP contribution in [-0.2, 0) is 9.59 Å². The lowest BCUT2D eigenvalue weighted by Gasteiger charge is -2.20. The molecule has 0 spiro atoms. The van der Waals surface area contributed by atoms with Crippen LogP contribution in [0, 0.1) is 0 Å². The van der Waals surface area contributed by atoms with E-state index in [4.69, 9.17) is 14.6 Å². The second-order valence-electron chi connectivity index (χ2n) is 4.73. The fraction of sp³-hybridized carbons (Fsp3) is 0.500. The average molecular weight is 309 g/mol. The zero-order chi connectivity index (χ0) is 16.4. The SMILES string of the molecule is CCCOc1ccc(OCC(=O)N(CC)CCC(=O)O)cc1. The van der Waals surface area contributed by atoms with Crippen LogP contribution in [0.5, 0.6) is 11.5 Å². The van der Waals surface area contributed by atoms with Gasteiger partial charge in [0.1, 0.15) is 11.5 Å². The number of aliphatic carboxylic acids is 1. The van der Waals surface area contributed by atoms with Gasteiger partial charge >= 0.3 is 5.97 Å². The van der Waals surface area contributed by atoms with Gasteiger partial charge in [0, 0.05) is 13.1 Å². The number of benzene rings is 1. The Morgan fingerprint density at radius 1 is 1.09 bits per heavy atom. The smallest absolute Gasteiger partial charge is 0.305 e. The minimum absolute atomic E-state index is 0.0664. The maximum atomic E-state index is 12.0. The summed E-state index contributed by atoms with van der Waals surface area (Å²) in [4.78, 5) is 24.0. The van der Waals surface area contributed by atoms with Crippen molar-refractivity contribution in [2.75, 3.05) is 26.3 Å². The van der Waals surface area contributed by atoms with Gasteiger partial charge in [0.2, 0.25) is 0 Å². The van der Waals surface area contributed by atoms with Gasteiger partial charge in [-0.1, -0.05) is 6.92 Å². The molecule has 0 aliphatic carbocycles. The lowest BCUT2D eigenvalue weighted by molar-refractivity contribution is -0.139. The van der Waals surface area contributed by atoms with Gasteiger partial charge in [0.25, 0.3) is 5.91 Å². The molecule has 22 heavy (non-hydrogen) atoms. The Balaban J connectivity index is 2.43. The molecule has 1 rings (SSSR count).